The van der Waals surface area contributed by atoms with Crippen LogP contribution in [0.5, 0.6) is 5.75 Å². The zero-order valence-electron chi connectivity index (χ0n) is 8.64. The monoisotopic (exact) mass is 270 g/mol. The van der Waals surface area contributed by atoms with Gasteiger partial charge in [-0.25, -0.2) is 0 Å². The Hall–Kier alpha value is -2.26. The van der Waals surface area contributed by atoms with Crippen molar-refractivity contribution in [1.29, 1.82) is 0 Å². The summed E-state index contributed by atoms with van der Waals surface area (Å²) < 4.78 is 31.3. The lowest BCUT2D eigenvalue weighted by molar-refractivity contribution is -0.385. The zero-order valence-corrected chi connectivity index (χ0v) is 9.46. The number of rotatable bonds is 2. The minimum atomic E-state index is -4.66. The van der Waals surface area contributed by atoms with Gasteiger partial charge in [0.25, 0.3) is 10.1 Å². The first-order valence-corrected chi connectivity index (χ1v) is 5.99. The van der Waals surface area contributed by atoms with Crippen LogP contribution < -0.4 is 0 Å². The fraction of sp³-hybridized carbons (Fsp3) is 0. The molecule has 0 bridgehead atoms. The molecule has 2 N–H and O–H groups in total. The molecule has 0 unspecified atom stereocenters. The van der Waals surface area contributed by atoms with Gasteiger partial charge in [0, 0.05) is 17.6 Å². The molecule has 8 nitrogen and oxygen atoms in total. The van der Waals surface area contributed by atoms with Crippen LogP contribution in [0.15, 0.2) is 29.3 Å². The second-order valence-electron chi connectivity index (χ2n) is 3.37. The summed E-state index contributed by atoms with van der Waals surface area (Å²) in [5.41, 5.74) is -1.10. The first-order valence-electron chi connectivity index (χ1n) is 4.55. The van der Waals surface area contributed by atoms with Crippen LogP contribution in [0, 0.1) is 10.1 Å². The Labute approximate surface area is 100 Å². The lowest BCUT2D eigenvalue weighted by atomic mass is 10.2. The van der Waals surface area contributed by atoms with E-state index in [4.69, 9.17) is 4.55 Å². The highest BCUT2D eigenvalue weighted by atomic mass is 32.2. The number of phenolic OH excluding ortho intramolecular Hbond substituents is 1. The van der Waals surface area contributed by atoms with Gasteiger partial charge in [-0.1, -0.05) is 0 Å². The summed E-state index contributed by atoms with van der Waals surface area (Å²) in [4.78, 5) is 12.7. The van der Waals surface area contributed by atoms with Gasteiger partial charge in [-0.3, -0.25) is 19.7 Å². The highest BCUT2D eigenvalue weighted by Crippen LogP contribution is 2.36. The van der Waals surface area contributed by atoms with E-state index in [1.807, 2.05) is 0 Å². The molecule has 0 aliphatic rings. The molecule has 0 aliphatic carbocycles. The fourth-order valence-electron chi connectivity index (χ4n) is 1.54. The van der Waals surface area contributed by atoms with E-state index in [2.05, 4.69) is 4.98 Å². The second-order valence-corrected chi connectivity index (χ2v) is 4.76. The van der Waals surface area contributed by atoms with Crippen molar-refractivity contribution in [3.63, 3.8) is 0 Å². The molecule has 1 aromatic heterocycles. The van der Waals surface area contributed by atoms with Crippen molar-refractivity contribution in [2.75, 3.05) is 0 Å². The number of hydrogen-bond donors (Lipinski definition) is 2. The lowest BCUT2D eigenvalue weighted by Crippen LogP contribution is -2.02. The van der Waals surface area contributed by atoms with E-state index < -0.39 is 31.4 Å². The number of aromatic nitrogens is 1. The second kappa shape index (κ2) is 3.89. The predicted molar refractivity (Wildman–Crippen MR) is 59.9 cm³/mol. The predicted octanol–water partition coefficient (Wildman–Crippen LogP) is 1.10. The molecule has 2 rings (SSSR count). The maximum atomic E-state index is 11.2. The molecule has 1 heterocycles. The van der Waals surface area contributed by atoms with Crippen molar-refractivity contribution in [3.05, 3.63) is 34.5 Å². The molecule has 0 fully saturated rings. The van der Waals surface area contributed by atoms with Crippen molar-refractivity contribution in [2.45, 2.75) is 4.90 Å². The molecule has 0 aliphatic heterocycles. The van der Waals surface area contributed by atoms with Gasteiger partial charge in [0.05, 0.1) is 4.92 Å². The molecule has 94 valence electrons. The Morgan fingerprint density at radius 2 is 2.06 bits per heavy atom. The fourth-order valence-corrected chi connectivity index (χ4v) is 2.24. The van der Waals surface area contributed by atoms with Gasteiger partial charge < -0.3 is 5.11 Å². The summed E-state index contributed by atoms with van der Waals surface area (Å²) >= 11 is 0. The number of hydrogen-bond acceptors (Lipinski definition) is 6. The summed E-state index contributed by atoms with van der Waals surface area (Å²) in [7, 11) is -4.66. The van der Waals surface area contributed by atoms with Gasteiger partial charge in [0.1, 0.15) is 10.4 Å². The van der Waals surface area contributed by atoms with Crippen LogP contribution in [-0.2, 0) is 10.1 Å². The third-order valence-electron chi connectivity index (χ3n) is 2.28. The molecule has 1 aromatic carbocycles. The lowest BCUT2D eigenvalue weighted by Gasteiger charge is -2.05. The highest BCUT2D eigenvalue weighted by molar-refractivity contribution is 7.86. The van der Waals surface area contributed by atoms with Crippen LogP contribution in [0.2, 0.25) is 0 Å². The van der Waals surface area contributed by atoms with Gasteiger partial charge in [-0.15, -0.1) is 0 Å². The number of nitrogens with zero attached hydrogens (tertiary/aromatic N) is 2. The average Bonchev–Trinajstić information content (AvgIpc) is 2.27. The number of nitro groups is 1. The van der Waals surface area contributed by atoms with E-state index in [1.165, 1.54) is 18.3 Å². The summed E-state index contributed by atoms with van der Waals surface area (Å²) in [6.45, 7) is 0. The summed E-state index contributed by atoms with van der Waals surface area (Å²) in [5, 5.41) is 20.2. The smallest absolute Gasteiger partial charge is 0.314 e. The first kappa shape index (κ1) is 12.2. The molecular weight excluding hydrogens is 264 g/mol. The van der Waals surface area contributed by atoms with Gasteiger partial charge in [-0.2, -0.15) is 8.42 Å². The maximum Gasteiger partial charge on any atom is 0.314 e. The average molecular weight is 270 g/mol. The van der Waals surface area contributed by atoms with Crippen LogP contribution in [-0.4, -0.2) is 28.0 Å². The van der Waals surface area contributed by atoms with Gasteiger partial charge in [-0.05, 0) is 12.1 Å². The number of fused-ring (bicyclic) bond motifs is 1. The van der Waals surface area contributed by atoms with Crippen LogP contribution >= 0.6 is 0 Å². The summed E-state index contributed by atoms with van der Waals surface area (Å²) in [6, 6.07) is 3.24. The molecule has 2 aromatic rings. The minimum Gasteiger partial charge on any atom is -0.501 e. The van der Waals surface area contributed by atoms with Gasteiger partial charge in [0.2, 0.25) is 5.75 Å². The Morgan fingerprint density at radius 1 is 1.39 bits per heavy atom. The van der Waals surface area contributed by atoms with Crippen molar-refractivity contribution in [2.24, 2.45) is 0 Å². The summed E-state index contributed by atoms with van der Waals surface area (Å²) in [6.07, 6.45) is 1.24. The number of benzene rings is 1. The summed E-state index contributed by atoms with van der Waals surface area (Å²) in [5.74, 6) is -0.747. The number of phenols is 1. The van der Waals surface area contributed by atoms with Crippen LogP contribution in [0.4, 0.5) is 5.69 Å². The molecular formula is C9H6N2O6S. The Bertz CT molecular complexity index is 755. The maximum absolute atomic E-state index is 11.2. The molecule has 0 spiro atoms. The van der Waals surface area contributed by atoms with E-state index in [9.17, 15) is 23.6 Å². The molecule has 0 atom stereocenters. The molecule has 0 amide bonds. The number of nitro benzene ring substituents is 1. The first-order chi connectivity index (χ1) is 8.32. The molecule has 0 saturated carbocycles. The minimum absolute atomic E-state index is 0.0944. The molecule has 0 radical (unpaired) electrons. The third kappa shape index (κ3) is 1.85. The van der Waals surface area contributed by atoms with Crippen molar-refractivity contribution in [3.8, 4) is 5.75 Å². The van der Waals surface area contributed by atoms with Crippen molar-refractivity contribution < 1.29 is 23.0 Å². The van der Waals surface area contributed by atoms with E-state index in [0.29, 0.717) is 6.07 Å². The topological polar surface area (TPSA) is 131 Å². The van der Waals surface area contributed by atoms with E-state index in [0.717, 1.165) is 0 Å². The number of pyridine rings is 1. The normalized spacial score (nSPS) is 11.6. The van der Waals surface area contributed by atoms with Gasteiger partial charge >= 0.3 is 5.69 Å². The molecule has 0 saturated heterocycles. The standard InChI is InChI=1S/C9H6N2O6S/c12-9-6(11(13)14)4-7(18(15,16)17)5-2-1-3-10-8(5)9/h1-4,12H,(H,15,16,17). The Balaban J connectivity index is 3.03. The van der Waals surface area contributed by atoms with Gasteiger partial charge in [0.15, 0.2) is 0 Å². The molecule has 9 heteroatoms. The van der Waals surface area contributed by atoms with Crippen LogP contribution in [0.25, 0.3) is 10.9 Å². The molecule has 18 heavy (non-hydrogen) atoms. The highest BCUT2D eigenvalue weighted by Gasteiger charge is 2.25. The number of aromatic hydroxyl groups is 1. The Kier molecular flexibility index (Phi) is 2.64. The van der Waals surface area contributed by atoms with E-state index in [1.54, 1.807) is 0 Å². The van der Waals surface area contributed by atoms with Crippen molar-refractivity contribution >= 4 is 26.7 Å². The third-order valence-corrected chi connectivity index (χ3v) is 3.18. The van der Waals surface area contributed by atoms with Crippen LogP contribution in [0.1, 0.15) is 0 Å². The quantitative estimate of drug-likeness (QED) is 0.474. The zero-order chi connectivity index (χ0) is 13.5. The SMILES string of the molecule is O=[N+]([O-])c1cc(S(=O)(=O)O)c2cccnc2c1O. The van der Waals surface area contributed by atoms with Crippen LogP contribution in [0.3, 0.4) is 0 Å². The van der Waals surface area contributed by atoms with Crippen molar-refractivity contribution in [1.82, 2.24) is 4.98 Å². The van der Waals surface area contributed by atoms with E-state index in [-0.39, 0.29) is 10.9 Å². The Morgan fingerprint density at radius 3 is 2.61 bits per heavy atom. The van der Waals surface area contributed by atoms with E-state index >= 15 is 0 Å². The largest absolute Gasteiger partial charge is 0.501 e.